The molecule has 2 aromatic carbocycles. The molecular formula is C28H34Cl2N2O3. The Labute approximate surface area is 218 Å². The highest BCUT2D eigenvalue weighted by Crippen LogP contribution is 2.42. The molecule has 35 heavy (non-hydrogen) atoms. The smallest absolute Gasteiger partial charge is 0.223 e. The number of nitrogens with zero attached hydrogens (tertiary/aromatic N) is 1. The van der Waals surface area contributed by atoms with Gasteiger partial charge in [0.2, 0.25) is 5.91 Å². The van der Waals surface area contributed by atoms with Crippen molar-refractivity contribution in [2.75, 3.05) is 26.3 Å². The molecule has 2 heterocycles. The molecule has 0 radical (unpaired) electrons. The zero-order valence-electron chi connectivity index (χ0n) is 20.3. The van der Waals surface area contributed by atoms with Gasteiger partial charge in [-0.3, -0.25) is 9.69 Å². The maximum atomic E-state index is 13.0. The second-order valence-corrected chi connectivity index (χ2v) is 10.8. The molecule has 188 valence electrons. The molecule has 2 aromatic rings. The number of nitrogens with one attached hydrogen (secondary N) is 1. The molecule has 3 unspecified atom stereocenters. The number of rotatable bonds is 8. The number of aldehydes is 1. The average molecular weight is 517 g/mol. The van der Waals surface area contributed by atoms with Crippen LogP contribution in [0.1, 0.15) is 49.8 Å². The molecule has 0 saturated carbocycles. The molecule has 0 aromatic heterocycles. The molecule has 5 nitrogen and oxygen atoms in total. The molecular weight excluding hydrogens is 483 g/mol. The third kappa shape index (κ3) is 6.08. The minimum absolute atomic E-state index is 0.0335. The summed E-state index contributed by atoms with van der Waals surface area (Å²) in [4.78, 5) is 26.8. The highest BCUT2D eigenvalue weighted by molar-refractivity contribution is 6.30. The van der Waals surface area contributed by atoms with Crippen LogP contribution in [0.15, 0.2) is 48.5 Å². The van der Waals surface area contributed by atoms with E-state index >= 15 is 0 Å². The van der Waals surface area contributed by atoms with Gasteiger partial charge in [-0.2, -0.15) is 0 Å². The molecule has 2 aliphatic rings. The van der Waals surface area contributed by atoms with E-state index in [4.69, 9.17) is 27.9 Å². The number of hydrogen-bond donors (Lipinski definition) is 1. The van der Waals surface area contributed by atoms with E-state index < -0.39 is 0 Å². The molecule has 6 atom stereocenters. The van der Waals surface area contributed by atoms with Crippen LogP contribution in [0, 0.1) is 17.8 Å². The summed E-state index contributed by atoms with van der Waals surface area (Å²) in [5, 5.41) is 4.71. The first kappa shape index (κ1) is 26.2. The fourth-order valence-electron chi connectivity index (χ4n) is 5.82. The molecule has 0 aliphatic carbocycles. The molecule has 2 fully saturated rings. The summed E-state index contributed by atoms with van der Waals surface area (Å²) in [6, 6.07) is 16.1. The second-order valence-electron chi connectivity index (χ2n) is 9.89. The number of morpholine rings is 1. The number of amides is 1. The molecule has 7 heteroatoms. The van der Waals surface area contributed by atoms with E-state index in [1.165, 1.54) is 5.56 Å². The van der Waals surface area contributed by atoms with Crippen molar-refractivity contribution in [3.63, 3.8) is 0 Å². The van der Waals surface area contributed by atoms with Crippen molar-refractivity contribution in [1.29, 1.82) is 0 Å². The monoisotopic (exact) mass is 516 g/mol. The Hall–Kier alpha value is -1.92. The van der Waals surface area contributed by atoms with Crippen LogP contribution >= 0.6 is 23.2 Å². The molecule has 1 N–H and O–H groups in total. The van der Waals surface area contributed by atoms with Gasteiger partial charge >= 0.3 is 0 Å². The highest BCUT2D eigenvalue weighted by atomic mass is 35.5. The van der Waals surface area contributed by atoms with Crippen LogP contribution in [0.2, 0.25) is 10.0 Å². The van der Waals surface area contributed by atoms with E-state index in [9.17, 15) is 9.59 Å². The molecule has 2 aliphatic heterocycles. The normalized spacial score (nSPS) is 25.9. The third-order valence-electron chi connectivity index (χ3n) is 7.85. The van der Waals surface area contributed by atoms with Crippen LogP contribution in [0.25, 0.3) is 0 Å². The largest absolute Gasteiger partial charge is 0.379 e. The lowest BCUT2D eigenvalue weighted by molar-refractivity contribution is -0.131. The quantitative estimate of drug-likeness (QED) is 0.469. The van der Waals surface area contributed by atoms with E-state index in [0.717, 1.165) is 30.0 Å². The first-order valence-electron chi connectivity index (χ1n) is 12.5. The number of carbonyl (C=O) groups excluding carboxylic acids is 2. The van der Waals surface area contributed by atoms with Gasteiger partial charge in [-0.05, 0) is 53.6 Å². The van der Waals surface area contributed by atoms with Gasteiger partial charge in [-0.1, -0.05) is 61.3 Å². The Kier molecular flexibility index (Phi) is 8.87. The van der Waals surface area contributed by atoms with E-state index in [1.807, 2.05) is 30.3 Å². The lowest BCUT2D eigenvalue weighted by Gasteiger charge is -2.46. The highest BCUT2D eigenvalue weighted by Gasteiger charge is 2.42. The Bertz CT molecular complexity index is 1010. The Morgan fingerprint density at radius 3 is 2.46 bits per heavy atom. The standard InChI is InChI=1S/C28H34Cl2N2O3/c1-18(19(2)27(32-11-14-35-15-12-32)20-6-8-23(29)9-7-20)26-25(21-4-3-5-24(30)16-21)17-22(10-13-33)28(34)31-26/h3-9,13,16,18-19,22,25-27H,10-12,14-15,17H2,1-2H3,(H,31,34)/t18?,19?,22-,25+,26-,27?/m0/s1. The molecule has 0 spiro atoms. The number of piperidine rings is 1. The van der Waals surface area contributed by atoms with Crippen LogP contribution in [0.5, 0.6) is 0 Å². The Morgan fingerprint density at radius 1 is 1.09 bits per heavy atom. The molecule has 4 rings (SSSR count). The van der Waals surface area contributed by atoms with Crippen molar-refractivity contribution in [1.82, 2.24) is 10.2 Å². The van der Waals surface area contributed by atoms with Gasteiger partial charge in [0.15, 0.2) is 0 Å². The first-order valence-corrected chi connectivity index (χ1v) is 13.2. The van der Waals surface area contributed by atoms with Crippen molar-refractivity contribution in [3.05, 3.63) is 69.7 Å². The summed E-state index contributed by atoms with van der Waals surface area (Å²) in [6.45, 7) is 7.66. The predicted octanol–water partition coefficient (Wildman–Crippen LogP) is 5.52. The van der Waals surface area contributed by atoms with Gasteiger partial charge < -0.3 is 14.8 Å². The lowest BCUT2D eigenvalue weighted by atomic mass is 9.70. The number of ether oxygens (including phenoxy) is 1. The zero-order valence-corrected chi connectivity index (χ0v) is 21.8. The fourth-order valence-corrected chi connectivity index (χ4v) is 6.14. The SMILES string of the molecule is CC(C(C)[C@@H]1NC(=O)[C@@H](CC=O)C[C@@H]1c1cccc(Cl)c1)C(c1ccc(Cl)cc1)N1CCOCC1. The van der Waals surface area contributed by atoms with Gasteiger partial charge in [0, 0.05) is 53.5 Å². The summed E-state index contributed by atoms with van der Waals surface area (Å²) >= 11 is 12.6. The van der Waals surface area contributed by atoms with Crippen molar-refractivity contribution in [2.24, 2.45) is 17.8 Å². The van der Waals surface area contributed by atoms with Crippen LogP contribution < -0.4 is 5.32 Å². The van der Waals surface area contributed by atoms with Gasteiger partial charge in [0.25, 0.3) is 0 Å². The van der Waals surface area contributed by atoms with E-state index in [-0.39, 0.29) is 48.1 Å². The zero-order chi connectivity index (χ0) is 24.9. The fraction of sp³-hybridized carbons (Fsp3) is 0.500. The third-order valence-corrected chi connectivity index (χ3v) is 8.34. The maximum Gasteiger partial charge on any atom is 0.223 e. The van der Waals surface area contributed by atoms with Gasteiger partial charge in [0.05, 0.1) is 13.2 Å². The van der Waals surface area contributed by atoms with Crippen LogP contribution in [0.3, 0.4) is 0 Å². The number of halogens is 2. The van der Waals surface area contributed by atoms with Crippen molar-refractivity contribution in [3.8, 4) is 0 Å². The number of benzene rings is 2. The first-order chi connectivity index (χ1) is 16.9. The van der Waals surface area contributed by atoms with E-state index in [0.29, 0.717) is 24.7 Å². The van der Waals surface area contributed by atoms with Crippen molar-refractivity contribution >= 4 is 35.4 Å². The summed E-state index contributed by atoms with van der Waals surface area (Å²) < 4.78 is 5.64. The Morgan fingerprint density at radius 2 is 1.80 bits per heavy atom. The van der Waals surface area contributed by atoms with Crippen LogP contribution in [-0.2, 0) is 14.3 Å². The summed E-state index contributed by atoms with van der Waals surface area (Å²) in [5.41, 5.74) is 2.32. The maximum absolute atomic E-state index is 13.0. The van der Waals surface area contributed by atoms with E-state index in [1.54, 1.807) is 0 Å². The summed E-state index contributed by atoms with van der Waals surface area (Å²) in [5.74, 6) is 0.104. The van der Waals surface area contributed by atoms with Crippen molar-refractivity contribution < 1.29 is 14.3 Å². The van der Waals surface area contributed by atoms with E-state index in [2.05, 4.69) is 42.3 Å². The molecule has 1 amide bonds. The summed E-state index contributed by atoms with van der Waals surface area (Å²) in [7, 11) is 0. The van der Waals surface area contributed by atoms with Crippen LogP contribution in [0.4, 0.5) is 0 Å². The number of carbonyl (C=O) groups is 2. The number of hydrogen-bond acceptors (Lipinski definition) is 4. The second kappa shape index (κ2) is 11.9. The average Bonchev–Trinajstić information content (AvgIpc) is 2.86. The van der Waals surface area contributed by atoms with Crippen molar-refractivity contribution in [2.45, 2.75) is 44.7 Å². The minimum Gasteiger partial charge on any atom is -0.379 e. The van der Waals surface area contributed by atoms with Crippen LogP contribution in [-0.4, -0.2) is 49.4 Å². The van der Waals surface area contributed by atoms with Gasteiger partial charge in [-0.25, -0.2) is 0 Å². The van der Waals surface area contributed by atoms with Gasteiger partial charge in [-0.15, -0.1) is 0 Å². The predicted molar refractivity (Wildman–Crippen MR) is 140 cm³/mol. The topological polar surface area (TPSA) is 58.6 Å². The molecule has 0 bridgehead atoms. The minimum atomic E-state index is -0.318. The Balaban J connectivity index is 1.66. The lowest BCUT2D eigenvalue weighted by Crippen LogP contribution is -2.54. The van der Waals surface area contributed by atoms with Gasteiger partial charge in [0.1, 0.15) is 6.29 Å². The summed E-state index contributed by atoms with van der Waals surface area (Å²) in [6.07, 6.45) is 1.72. The molecule has 2 saturated heterocycles.